The molecule has 0 fully saturated rings. The minimum Gasteiger partial charge on any atom is -0.295 e. The Morgan fingerprint density at radius 3 is 2.96 bits per heavy atom. The number of fused-ring (bicyclic) bond motifs is 1. The first-order valence-corrected chi connectivity index (χ1v) is 7.56. The van der Waals surface area contributed by atoms with Crippen LogP contribution in [0.3, 0.4) is 0 Å². The molecule has 8 nitrogen and oxygen atoms in total. The van der Waals surface area contributed by atoms with Crippen molar-refractivity contribution in [2.75, 3.05) is 0 Å². The van der Waals surface area contributed by atoms with Gasteiger partial charge in [-0.2, -0.15) is 5.10 Å². The van der Waals surface area contributed by atoms with E-state index in [2.05, 4.69) is 15.5 Å². The van der Waals surface area contributed by atoms with Gasteiger partial charge >= 0.3 is 0 Å². The third-order valence-electron chi connectivity index (χ3n) is 3.48. The number of halogens is 1. The van der Waals surface area contributed by atoms with Crippen molar-refractivity contribution >= 4 is 35.1 Å². The Hall–Kier alpha value is -3.26. The van der Waals surface area contributed by atoms with Crippen molar-refractivity contribution in [1.29, 1.82) is 0 Å². The fraction of sp³-hybridized carbons (Fsp3) is 0.0625. The molecule has 0 saturated carbocycles. The molecule has 0 radical (unpaired) electrons. The van der Waals surface area contributed by atoms with Crippen LogP contribution in [0.25, 0.3) is 5.65 Å². The number of nitrogens with zero attached hydrogens (tertiary/aromatic N) is 4. The van der Waals surface area contributed by atoms with Crippen molar-refractivity contribution in [2.24, 2.45) is 5.10 Å². The maximum atomic E-state index is 12.4. The number of amides is 1. The second kappa shape index (κ2) is 6.70. The number of hydrogen-bond acceptors (Lipinski definition) is 5. The molecule has 2 heterocycles. The number of pyridine rings is 1. The number of carbonyl (C=O) groups excluding carboxylic acids is 1. The van der Waals surface area contributed by atoms with Crippen molar-refractivity contribution in [3.63, 3.8) is 0 Å². The topological polar surface area (TPSA) is 102 Å². The lowest BCUT2D eigenvalue weighted by molar-refractivity contribution is -0.384. The van der Waals surface area contributed by atoms with E-state index in [0.29, 0.717) is 22.6 Å². The summed E-state index contributed by atoms with van der Waals surface area (Å²) in [7, 11) is 0. The van der Waals surface area contributed by atoms with Crippen LogP contribution in [-0.4, -0.2) is 26.4 Å². The number of nitro benzene ring substituents is 1. The van der Waals surface area contributed by atoms with E-state index in [1.807, 2.05) is 6.07 Å². The molecule has 0 aliphatic carbocycles. The Morgan fingerprint density at radius 2 is 2.20 bits per heavy atom. The maximum Gasteiger partial charge on any atom is 0.290 e. The van der Waals surface area contributed by atoms with E-state index in [9.17, 15) is 14.9 Å². The molecule has 3 aromatic rings. The summed E-state index contributed by atoms with van der Waals surface area (Å²) in [6.45, 7) is 1.73. The van der Waals surface area contributed by atoms with Gasteiger partial charge in [-0.3, -0.25) is 19.3 Å². The Kier molecular flexibility index (Phi) is 4.44. The maximum absolute atomic E-state index is 12.4. The zero-order valence-corrected chi connectivity index (χ0v) is 13.8. The van der Waals surface area contributed by atoms with E-state index in [4.69, 9.17) is 11.6 Å². The fourth-order valence-corrected chi connectivity index (χ4v) is 2.51. The second-order valence-corrected chi connectivity index (χ2v) is 5.54. The van der Waals surface area contributed by atoms with Crippen molar-refractivity contribution in [3.05, 3.63) is 74.7 Å². The summed E-state index contributed by atoms with van der Waals surface area (Å²) in [5, 5.41) is 14.9. The highest BCUT2D eigenvalue weighted by atomic mass is 35.5. The van der Waals surface area contributed by atoms with Crippen LogP contribution in [0.2, 0.25) is 5.02 Å². The molecule has 1 N–H and O–H groups in total. The Balaban J connectivity index is 1.82. The zero-order chi connectivity index (χ0) is 18.0. The van der Waals surface area contributed by atoms with Gasteiger partial charge in [-0.05, 0) is 25.1 Å². The van der Waals surface area contributed by atoms with Gasteiger partial charge < -0.3 is 0 Å². The first-order chi connectivity index (χ1) is 12.0. The van der Waals surface area contributed by atoms with Crippen LogP contribution >= 0.6 is 11.6 Å². The number of benzene rings is 1. The van der Waals surface area contributed by atoms with Gasteiger partial charge in [0, 0.05) is 28.9 Å². The molecule has 2 aromatic heterocycles. The van der Waals surface area contributed by atoms with Crippen LogP contribution in [0.4, 0.5) is 5.69 Å². The van der Waals surface area contributed by atoms with Gasteiger partial charge in [0.1, 0.15) is 11.3 Å². The Morgan fingerprint density at radius 1 is 1.40 bits per heavy atom. The Labute approximate surface area is 146 Å². The normalized spacial score (nSPS) is 11.1. The molecule has 126 valence electrons. The molecule has 3 rings (SSSR count). The minimum atomic E-state index is -0.534. The molecule has 0 aliphatic rings. The first-order valence-electron chi connectivity index (χ1n) is 7.18. The highest BCUT2D eigenvalue weighted by Crippen LogP contribution is 2.20. The van der Waals surface area contributed by atoms with Gasteiger partial charge in [-0.1, -0.05) is 17.7 Å². The molecule has 0 atom stereocenters. The molecule has 9 heteroatoms. The molecule has 0 unspecified atom stereocenters. The lowest BCUT2D eigenvalue weighted by Gasteiger charge is -2.02. The van der Waals surface area contributed by atoms with Crippen LogP contribution in [0.15, 0.2) is 47.7 Å². The molecule has 25 heavy (non-hydrogen) atoms. The third kappa shape index (κ3) is 3.33. The van der Waals surface area contributed by atoms with Gasteiger partial charge in [-0.25, -0.2) is 10.4 Å². The van der Waals surface area contributed by atoms with Crippen LogP contribution in [0.1, 0.15) is 21.7 Å². The molecule has 1 aromatic carbocycles. The predicted octanol–water partition coefficient (Wildman–Crippen LogP) is 2.97. The number of hydrazone groups is 1. The average molecular weight is 358 g/mol. The quantitative estimate of drug-likeness (QED) is 0.440. The predicted molar refractivity (Wildman–Crippen MR) is 93.1 cm³/mol. The standard InChI is InChI=1S/C16H12ClN5O3/c1-10-15(21-7-3-2-4-14(21)19-10)16(23)20-18-9-11-8-12(22(24)25)5-6-13(11)17/h2-9H,1H3,(H,20,23)/b18-9-. The SMILES string of the molecule is Cc1nc2ccccn2c1C(=O)N/N=C\c1cc([N+](=O)[O-])ccc1Cl. The number of carbonyl (C=O) groups is 1. The van der Waals surface area contributed by atoms with Crippen LogP contribution in [0, 0.1) is 17.0 Å². The lowest BCUT2D eigenvalue weighted by atomic mass is 10.2. The van der Waals surface area contributed by atoms with Crippen molar-refractivity contribution in [1.82, 2.24) is 14.8 Å². The number of rotatable bonds is 4. The summed E-state index contributed by atoms with van der Waals surface area (Å²) in [6.07, 6.45) is 2.98. The number of aromatic nitrogens is 2. The summed E-state index contributed by atoms with van der Waals surface area (Å²) in [5.41, 5.74) is 4.16. The highest BCUT2D eigenvalue weighted by molar-refractivity contribution is 6.33. The van der Waals surface area contributed by atoms with E-state index in [-0.39, 0.29) is 10.7 Å². The molecule has 1 amide bonds. The highest BCUT2D eigenvalue weighted by Gasteiger charge is 2.15. The van der Waals surface area contributed by atoms with Gasteiger partial charge in [0.25, 0.3) is 11.6 Å². The van der Waals surface area contributed by atoms with Crippen molar-refractivity contribution in [2.45, 2.75) is 6.92 Å². The average Bonchev–Trinajstić information content (AvgIpc) is 2.92. The molecular weight excluding hydrogens is 346 g/mol. The zero-order valence-electron chi connectivity index (χ0n) is 13.0. The van der Waals surface area contributed by atoms with E-state index >= 15 is 0 Å². The molecular formula is C16H12ClN5O3. The van der Waals surface area contributed by atoms with E-state index < -0.39 is 10.8 Å². The summed E-state index contributed by atoms with van der Waals surface area (Å²) in [4.78, 5) is 26.9. The van der Waals surface area contributed by atoms with E-state index in [0.717, 1.165) is 0 Å². The lowest BCUT2D eigenvalue weighted by Crippen LogP contribution is -2.20. The van der Waals surface area contributed by atoms with E-state index in [1.165, 1.54) is 24.4 Å². The van der Waals surface area contributed by atoms with Gasteiger partial charge in [-0.15, -0.1) is 0 Å². The largest absolute Gasteiger partial charge is 0.295 e. The number of nitrogens with one attached hydrogen (secondary N) is 1. The minimum absolute atomic E-state index is 0.116. The monoisotopic (exact) mass is 357 g/mol. The van der Waals surface area contributed by atoms with Gasteiger partial charge in [0.2, 0.25) is 0 Å². The molecule has 0 spiro atoms. The fourth-order valence-electron chi connectivity index (χ4n) is 2.34. The number of imidazole rings is 1. The van der Waals surface area contributed by atoms with Gasteiger partial charge in [0.05, 0.1) is 16.8 Å². The van der Waals surface area contributed by atoms with Crippen LogP contribution in [-0.2, 0) is 0 Å². The van der Waals surface area contributed by atoms with Crippen LogP contribution < -0.4 is 5.43 Å². The number of hydrogen-bond donors (Lipinski definition) is 1. The van der Waals surface area contributed by atoms with Crippen LogP contribution in [0.5, 0.6) is 0 Å². The third-order valence-corrected chi connectivity index (χ3v) is 3.82. The summed E-state index contributed by atoms with van der Waals surface area (Å²) in [5.74, 6) is -0.450. The Bertz CT molecular complexity index is 1010. The smallest absolute Gasteiger partial charge is 0.290 e. The molecule has 0 bridgehead atoms. The summed E-state index contributed by atoms with van der Waals surface area (Å²) < 4.78 is 1.65. The van der Waals surface area contributed by atoms with Gasteiger partial charge in [0.15, 0.2) is 0 Å². The number of nitro groups is 1. The molecule has 0 saturated heterocycles. The van der Waals surface area contributed by atoms with Crippen molar-refractivity contribution < 1.29 is 9.72 Å². The number of non-ortho nitro benzene ring substituents is 1. The van der Waals surface area contributed by atoms with E-state index in [1.54, 1.807) is 29.7 Å². The summed E-state index contributed by atoms with van der Waals surface area (Å²) >= 11 is 5.98. The summed E-state index contributed by atoms with van der Waals surface area (Å²) in [6, 6.07) is 9.37. The van der Waals surface area contributed by atoms with Crippen molar-refractivity contribution in [3.8, 4) is 0 Å². The number of aryl methyl sites for hydroxylation is 1. The second-order valence-electron chi connectivity index (χ2n) is 5.14. The molecule has 0 aliphatic heterocycles. The first kappa shape index (κ1) is 16.6.